The molecule has 8 nitrogen and oxygen atoms in total. The normalized spacial score (nSPS) is 17.8. The average molecular weight is 634 g/mol. The molecule has 2 rings (SSSR count). The number of likely N-dealkylation sites (tertiary alicyclic amines) is 1. The van der Waals surface area contributed by atoms with Gasteiger partial charge in [0.2, 0.25) is 5.78 Å². The van der Waals surface area contributed by atoms with E-state index in [1.807, 2.05) is 30.3 Å². The van der Waals surface area contributed by atoms with Gasteiger partial charge in [0.05, 0.1) is 12.7 Å². The van der Waals surface area contributed by atoms with Crippen molar-refractivity contribution >= 4 is 40.1 Å². The summed E-state index contributed by atoms with van der Waals surface area (Å²) < 4.78 is 18.7. The van der Waals surface area contributed by atoms with Crippen LogP contribution in [0.3, 0.4) is 0 Å². The van der Waals surface area contributed by atoms with Gasteiger partial charge in [-0.15, -0.1) is 0 Å². The molecular weight excluding hydrogens is 579 g/mol. The van der Waals surface area contributed by atoms with Crippen LogP contribution < -0.4 is 0 Å². The van der Waals surface area contributed by atoms with Crippen molar-refractivity contribution in [3.05, 3.63) is 35.9 Å². The standard InChI is InChI=1S/C33H55NO7Si2/c1-24(19-20-26(41-43(10,11)33(5,6)7)23-40-42(8,9)32(2,3)4)28(35)29(36)30(37)34-21-15-18-27(34)31(38)39-22-25-16-13-12-14-17-25/h12-14,16-17,24,26-27H,15,18-23H2,1-11H3/t24?,26?,27-/m0/s1. The van der Waals surface area contributed by atoms with Crippen LogP contribution in [0.15, 0.2) is 30.3 Å². The zero-order chi connectivity index (χ0) is 32.8. The Hall–Kier alpha value is -2.15. The summed E-state index contributed by atoms with van der Waals surface area (Å²) in [4.78, 5) is 53.3. The molecule has 0 aromatic heterocycles. The second-order valence-corrected chi connectivity index (χ2v) is 24.6. The second-order valence-electron chi connectivity index (χ2n) is 15.0. The number of nitrogens with zero attached hydrogens (tertiary/aromatic N) is 1. The van der Waals surface area contributed by atoms with Gasteiger partial charge in [0.15, 0.2) is 16.6 Å². The van der Waals surface area contributed by atoms with Crippen LogP contribution in [0.4, 0.5) is 0 Å². The topological polar surface area (TPSA) is 99.2 Å². The Morgan fingerprint density at radius 3 is 2.05 bits per heavy atom. The van der Waals surface area contributed by atoms with E-state index in [4.69, 9.17) is 13.6 Å². The van der Waals surface area contributed by atoms with Crippen molar-refractivity contribution in [1.29, 1.82) is 0 Å². The Balaban J connectivity index is 2.04. The van der Waals surface area contributed by atoms with Gasteiger partial charge in [-0.25, -0.2) is 4.79 Å². The third kappa shape index (κ3) is 10.2. The molecule has 1 aromatic rings. The molecule has 10 heteroatoms. The molecule has 1 aromatic carbocycles. The van der Waals surface area contributed by atoms with Crippen molar-refractivity contribution in [2.75, 3.05) is 13.2 Å². The third-order valence-electron chi connectivity index (χ3n) is 9.50. The summed E-state index contributed by atoms with van der Waals surface area (Å²) in [6.45, 7) is 24.4. The molecule has 1 aliphatic heterocycles. The number of ketones is 2. The SMILES string of the molecule is CC(CCC(CO[Si](C)(C)C(C)(C)C)O[Si](C)(C)C(C)(C)C)C(=O)C(=O)C(=O)N1CCC[C@H]1C(=O)OCc1ccccc1. The largest absolute Gasteiger partial charge is 0.459 e. The summed E-state index contributed by atoms with van der Waals surface area (Å²) in [7, 11) is -4.17. The summed E-state index contributed by atoms with van der Waals surface area (Å²) in [6, 6.07) is 8.40. The number of benzene rings is 1. The summed E-state index contributed by atoms with van der Waals surface area (Å²) in [5.74, 6) is -3.96. The number of hydrogen-bond acceptors (Lipinski definition) is 7. The number of ether oxygens (including phenoxy) is 1. The van der Waals surface area contributed by atoms with Crippen molar-refractivity contribution in [2.24, 2.45) is 5.92 Å². The maximum atomic E-state index is 13.2. The van der Waals surface area contributed by atoms with E-state index in [0.29, 0.717) is 32.3 Å². The minimum atomic E-state index is -2.14. The minimum Gasteiger partial charge on any atom is -0.459 e. The molecule has 1 saturated heterocycles. The zero-order valence-electron chi connectivity index (χ0n) is 28.4. The van der Waals surface area contributed by atoms with Crippen LogP contribution in [0, 0.1) is 5.92 Å². The van der Waals surface area contributed by atoms with E-state index in [-0.39, 0.29) is 29.3 Å². The van der Waals surface area contributed by atoms with Gasteiger partial charge >= 0.3 is 5.97 Å². The van der Waals surface area contributed by atoms with Crippen molar-refractivity contribution in [1.82, 2.24) is 4.90 Å². The molecule has 0 N–H and O–H groups in total. The number of rotatable bonds is 14. The minimum absolute atomic E-state index is 0.000553. The Bertz CT molecular complexity index is 1120. The van der Waals surface area contributed by atoms with Crippen LogP contribution >= 0.6 is 0 Å². The number of carbonyl (C=O) groups excluding carboxylic acids is 4. The summed E-state index contributed by atoms with van der Waals surface area (Å²) in [6.07, 6.45) is 1.67. The Kier molecular flexibility index (Phi) is 12.7. The molecule has 0 spiro atoms. The van der Waals surface area contributed by atoms with Gasteiger partial charge in [-0.1, -0.05) is 78.8 Å². The quantitative estimate of drug-likeness (QED) is 0.0974. The van der Waals surface area contributed by atoms with Gasteiger partial charge in [0, 0.05) is 12.5 Å². The van der Waals surface area contributed by atoms with Gasteiger partial charge < -0.3 is 18.5 Å². The predicted molar refractivity (Wildman–Crippen MR) is 175 cm³/mol. The first-order valence-corrected chi connectivity index (χ1v) is 21.4. The number of esters is 1. The van der Waals surface area contributed by atoms with Crippen LogP contribution in [-0.2, 0) is 39.4 Å². The Morgan fingerprint density at radius 1 is 0.907 bits per heavy atom. The number of Topliss-reactive ketones (excluding diaryl/α,β-unsaturated/α-hetero) is 2. The fraction of sp³-hybridized carbons (Fsp3) is 0.697. The van der Waals surface area contributed by atoms with Crippen molar-refractivity contribution in [3.63, 3.8) is 0 Å². The summed E-state index contributed by atoms with van der Waals surface area (Å²) in [5.41, 5.74) is 0.831. The molecule has 242 valence electrons. The molecular formula is C33H55NO7Si2. The van der Waals surface area contributed by atoms with Gasteiger partial charge in [0.1, 0.15) is 12.6 Å². The van der Waals surface area contributed by atoms with Crippen molar-refractivity contribution in [3.8, 4) is 0 Å². The van der Waals surface area contributed by atoms with Crippen LogP contribution in [0.25, 0.3) is 0 Å². The second kappa shape index (κ2) is 14.8. The van der Waals surface area contributed by atoms with Crippen molar-refractivity contribution < 1.29 is 32.8 Å². The molecule has 2 unspecified atom stereocenters. The summed E-state index contributed by atoms with van der Waals surface area (Å²) >= 11 is 0. The molecule has 1 fully saturated rings. The van der Waals surface area contributed by atoms with Crippen LogP contribution in [0.2, 0.25) is 36.3 Å². The lowest BCUT2D eigenvalue weighted by molar-refractivity contribution is -0.158. The highest BCUT2D eigenvalue weighted by atomic mass is 28.4. The van der Waals surface area contributed by atoms with E-state index < -0.39 is 52.0 Å². The molecule has 3 atom stereocenters. The van der Waals surface area contributed by atoms with E-state index in [1.165, 1.54) is 4.90 Å². The fourth-order valence-electron chi connectivity index (χ4n) is 4.39. The van der Waals surface area contributed by atoms with Crippen LogP contribution in [0.1, 0.15) is 79.7 Å². The predicted octanol–water partition coefficient (Wildman–Crippen LogP) is 6.69. The molecule has 0 aliphatic carbocycles. The van der Waals surface area contributed by atoms with Crippen molar-refractivity contribution in [2.45, 2.75) is 129 Å². The fourth-order valence-corrected chi connectivity index (χ4v) is 6.80. The monoisotopic (exact) mass is 633 g/mol. The maximum absolute atomic E-state index is 13.2. The van der Waals surface area contributed by atoms with Gasteiger partial charge in [-0.3, -0.25) is 14.4 Å². The molecule has 0 saturated carbocycles. The first-order chi connectivity index (χ1) is 19.7. The highest BCUT2D eigenvalue weighted by Gasteiger charge is 2.43. The third-order valence-corrected chi connectivity index (χ3v) is 18.5. The number of carbonyl (C=O) groups is 4. The lowest BCUT2D eigenvalue weighted by atomic mass is 9.95. The van der Waals surface area contributed by atoms with Gasteiger partial charge in [0.25, 0.3) is 11.7 Å². The smallest absolute Gasteiger partial charge is 0.329 e. The lowest BCUT2D eigenvalue weighted by Crippen LogP contribution is -2.48. The zero-order valence-corrected chi connectivity index (χ0v) is 30.4. The highest BCUT2D eigenvalue weighted by molar-refractivity contribution is 6.74. The van der Waals surface area contributed by atoms with Gasteiger partial charge in [-0.2, -0.15) is 0 Å². The Morgan fingerprint density at radius 2 is 1.49 bits per heavy atom. The molecule has 43 heavy (non-hydrogen) atoms. The first-order valence-electron chi connectivity index (χ1n) is 15.6. The Labute approximate surface area is 261 Å². The van der Waals surface area contributed by atoms with E-state index in [0.717, 1.165) is 5.56 Å². The van der Waals surface area contributed by atoms with E-state index >= 15 is 0 Å². The molecule has 1 heterocycles. The molecule has 0 bridgehead atoms. The van der Waals surface area contributed by atoms with E-state index in [9.17, 15) is 19.2 Å². The average Bonchev–Trinajstić information content (AvgIpc) is 3.41. The van der Waals surface area contributed by atoms with Crippen LogP contribution in [0.5, 0.6) is 0 Å². The first kappa shape index (κ1) is 37.0. The summed E-state index contributed by atoms with van der Waals surface area (Å²) in [5, 5.41) is 0.0481. The number of hydrogen-bond donors (Lipinski definition) is 0. The van der Waals surface area contributed by atoms with Crippen LogP contribution in [-0.4, -0.2) is 70.3 Å². The molecule has 0 radical (unpaired) electrons. The molecule has 1 aliphatic rings. The maximum Gasteiger partial charge on any atom is 0.329 e. The van der Waals surface area contributed by atoms with E-state index in [1.54, 1.807) is 6.92 Å². The lowest BCUT2D eigenvalue weighted by Gasteiger charge is -2.41. The molecule has 1 amide bonds. The van der Waals surface area contributed by atoms with E-state index in [2.05, 4.69) is 67.7 Å². The highest BCUT2D eigenvalue weighted by Crippen LogP contribution is 2.39. The van der Waals surface area contributed by atoms with Gasteiger partial charge in [-0.05, 0) is 67.5 Å². The number of amides is 1.